The lowest BCUT2D eigenvalue weighted by molar-refractivity contribution is -0.123. The number of carbonyl (C=O) groups is 1. The van der Waals surface area contributed by atoms with Gasteiger partial charge in [-0.3, -0.25) is 4.79 Å². The fourth-order valence-corrected chi connectivity index (χ4v) is 3.46. The van der Waals surface area contributed by atoms with Crippen LogP contribution in [-0.4, -0.2) is 16.6 Å². The number of hydrazone groups is 1. The van der Waals surface area contributed by atoms with Crippen LogP contribution in [0, 0.1) is 0 Å². The second kappa shape index (κ2) is 9.32. The Morgan fingerprint density at radius 1 is 1.36 bits per heavy atom. The Kier molecular flexibility index (Phi) is 6.59. The Morgan fingerprint density at radius 3 is 2.96 bits per heavy atom. The van der Waals surface area contributed by atoms with Crippen LogP contribution >= 0.6 is 0 Å². The van der Waals surface area contributed by atoms with Crippen molar-refractivity contribution in [1.82, 2.24) is 5.01 Å². The van der Waals surface area contributed by atoms with Crippen LogP contribution in [0.4, 0.5) is 0 Å². The molecule has 3 rings (SSSR count). The Bertz CT molecular complexity index is 912. The van der Waals surface area contributed by atoms with Gasteiger partial charge >= 0.3 is 0 Å². The summed E-state index contributed by atoms with van der Waals surface area (Å²) in [6.45, 7) is 7.77. The van der Waals surface area contributed by atoms with Crippen LogP contribution in [0.15, 0.2) is 71.5 Å². The van der Waals surface area contributed by atoms with Gasteiger partial charge in [-0.25, -0.2) is 0 Å². The van der Waals surface area contributed by atoms with E-state index in [2.05, 4.69) is 49.0 Å². The number of benzene rings is 1. The molecular weight excluding hydrogens is 344 g/mol. The molecule has 1 heterocycles. The quantitative estimate of drug-likeness (QED) is 0.423. The molecule has 1 aromatic rings. The number of amides is 1. The highest BCUT2D eigenvalue weighted by atomic mass is 16.2. The highest BCUT2D eigenvalue weighted by molar-refractivity contribution is 6.27. The molecule has 28 heavy (non-hydrogen) atoms. The van der Waals surface area contributed by atoms with Crippen molar-refractivity contribution in [1.29, 1.82) is 0 Å². The van der Waals surface area contributed by atoms with Gasteiger partial charge in [-0.15, -0.1) is 0 Å². The highest BCUT2D eigenvalue weighted by Crippen LogP contribution is 2.27. The molecule has 1 aliphatic carbocycles. The summed E-state index contributed by atoms with van der Waals surface area (Å²) in [6.07, 6.45) is 18.7. The summed E-state index contributed by atoms with van der Waals surface area (Å²) in [5.41, 5.74) is 5.98. The van der Waals surface area contributed by atoms with E-state index in [9.17, 15) is 4.79 Å². The Balaban J connectivity index is 1.96. The highest BCUT2D eigenvalue weighted by Gasteiger charge is 2.30. The molecule has 1 aromatic carbocycles. The van der Waals surface area contributed by atoms with Gasteiger partial charge in [-0.05, 0) is 67.5 Å². The van der Waals surface area contributed by atoms with Crippen molar-refractivity contribution in [2.24, 2.45) is 5.10 Å². The summed E-state index contributed by atoms with van der Waals surface area (Å²) in [7, 11) is 0. The molecule has 3 heteroatoms. The Morgan fingerprint density at radius 2 is 2.21 bits per heavy atom. The molecule has 0 saturated heterocycles. The van der Waals surface area contributed by atoms with Crippen molar-refractivity contribution in [2.45, 2.75) is 46.0 Å². The smallest absolute Gasteiger partial charge is 0.267 e. The number of aryl methyl sites for hydroxylation is 1. The third kappa shape index (κ3) is 4.30. The van der Waals surface area contributed by atoms with E-state index < -0.39 is 0 Å². The van der Waals surface area contributed by atoms with Crippen molar-refractivity contribution in [3.05, 3.63) is 83.1 Å². The van der Waals surface area contributed by atoms with Crippen molar-refractivity contribution in [3.63, 3.8) is 0 Å². The van der Waals surface area contributed by atoms with Crippen LogP contribution in [0.5, 0.6) is 0 Å². The summed E-state index contributed by atoms with van der Waals surface area (Å²) in [5, 5.41) is 6.17. The molecule has 0 fully saturated rings. The third-order valence-corrected chi connectivity index (χ3v) is 5.02. The van der Waals surface area contributed by atoms with E-state index in [4.69, 9.17) is 0 Å². The normalized spacial score (nSPS) is 18.1. The van der Waals surface area contributed by atoms with E-state index in [1.807, 2.05) is 31.2 Å². The van der Waals surface area contributed by atoms with Gasteiger partial charge in [0, 0.05) is 0 Å². The predicted molar refractivity (Wildman–Crippen MR) is 119 cm³/mol. The van der Waals surface area contributed by atoms with Gasteiger partial charge < -0.3 is 0 Å². The zero-order valence-corrected chi connectivity index (χ0v) is 16.8. The van der Waals surface area contributed by atoms with Crippen LogP contribution in [0.1, 0.15) is 56.2 Å². The molecule has 0 N–H and O–H groups in total. The van der Waals surface area contributed by atoms with Crippen LogP contribution in [0.25, 0.3) is 12.2 Å². The van der Waals surface area contributed by atoms with Crippen molar-refractivity contribution in [2.75, 3.05) is 0 Å². The largest absolute Gasteiger partial charge is 0.280 e. The van der Waals surface area contributed by atoms with E-state index >= 15 is 0 Å². The maximum Gasteiger partial charge on any atom is 0.280 e. The summed E-state index contributed by atoms with van der Waals surface area (Å²) in [6, 6.07) is 6.45. The molecule has 144 valence electrons. The number of allylic oxidation sites excluding steroid dienone is 5. The third-order valence-electron chi connectivity index (χ3n) is 5.02. The van der Waals surface area contributed by atoms with Gasteiger partial charge in [-0.1, -0.05) is 62.4 Å². The Hall–Kier alpha value is -2.94. The molecule has 3 nitrogen and oxygen atoms in total. The standard InChI is InChI=1S/C25H28N2O/c1-4-7-13-22(6-3)27-25(28)23(24(26-27)14-8-5-2)18-19-15-16-20-11-9-10-12-21(20)17-19/h4,6-7,10,12-13,15-18H,1,5,8-9,11,14H2,2-3H3/b13-7-,22-6+,23-18-. The molecule has 0 aromatic heterocycles. The van der Waals surface area contributed by atoms with E-state index in [1.54, 1.807) is 6.08 Å². The predicted octanol–water partition coefficient (Wildman–Crippen LogP) is 6.06. The maximum absolute atomic E-state index is 13.2. The van der Waals surface area contributed by atoms with Gasteiger partial charge in [0.15, 0.2) is 0 Å². The number of rotatable bonds is 7. The molecule has 1 amide bonds. The lowest BCUT2D eigenvalue weighted by atomic mass is 9.94. The molecule has 0 radical (unpaired) electrons. The molecule has 0 spiro atoms. The summed E-state index contributed by atoms with van der Waals surface area (Å²) >= 11 is 0. The lowest BCUT2D eigenvalue weighted by Gasteiger charge is -2.13. The number of nitrogens with zero attached hydrogens (tertiary/aromatic N) is 2. The van der Waals surface area contributed by atoms with Gasteiger partial charge in [0.25, 0.3) is 5.91 Å². The van der Waals surface area contributed by atoms with Gasteiger partial charge in [0.2, 0.25) is 0 Å². The summed E-state index contributed by atoms with van der Waals surface area (Å²) in [4.78, 5) is 13.2. The molecule has 2 aliphatic rings. The molecule has 1 aliphatic heterocycles. The average molecular weight is 373 g/mol. The fraction of sp³-hybridized carbons (Fsp3) is 0.280. The van der Waals surface area contributed by atoms with Crippen LogP contribution in [-0.2, 0) is 11.2 Å². The minimum Gasteiger partial charge on any atom is -0.267 e. The first-order chi connectivity index (χ1) is 13.7. The van der Waals surface area contributed by atoms with Crippen LogP contribution in [0.2, 0.25) is 0 Å². The molecular formula is C25H28N2O. The number of hydrogen-bond donors (Lipinski definition) is 0. The fourth-order valence-electron chi connectivity index (χ4n) is 3.46. The minimum absolute atomic E-state index is 0.0684. The first kappa shape index (κ1) is 19.8. The second-order valence-corrected chi connectivity index (χ2v) is 7.03. The number of hydrogen-bond acceptors (Lipinski definition) is 2. The summed E-state index contributed by atoms with van der Waals surface area (Å²) in [5.74, 6) is -0.0684. The van der Waals surface area contributed by atoms with Crippen molar-refractivity contribution < 1.29 is 4.79 Å². The van der Waals surface area contributed by atoms with Crippen molar-refractivity contribution in [3.8, 4) is 0 Å². The van der Waals surface area contributed by atoms with E-state index in [0.717, 1.165) is 49.1 Å². The first-order valence-corrected chi connectivity index (χ1v) is 10.1. The van der Waals surface area contributed by atoms with E-state index in [0.29, 0.717) is 5.57 Å². The average Bonchev–Trinajstić information content (AvgIpc) is 3.02. The van der Waals surface area contributed by atoms with Gasteiger partial charge in [0.05, 0.1) is 17.0 Å². The number of fused-ring (bicyclic) bond motifs is 1. The van der Waals surface area contributed by atoms with Crippen LogP contribution in [0.3, 0.4) is 0 Å². The zero-order valence-electron chi connectivity index (χ0n) is 16.8. The minimum atomic E-state index is -0.0684. The monoisotopic (exact) mass is 372 g/mol. The summed E-state index contributed by atoms with van der Waals surface area (Å²) < 4.78 is 0. The van der Waals surface area contributed by atoms with E-state index in [-0.39, 0.29) is 5.91 Å². The Labute approximate surface area is 168 Å². The maximum atomic E-state index is 13.2. The molecule has 0 saturated carbocycles. The van der Waals surface area contributed by atoms with Gasteiger partial charge in [0.1, 0.15) is 0 Å². The SMILES string of the molecule is C=C/C=C\C(=C/C)N1N=C(CCCC)/C(=C/c2ccc3c(c2)C=CCC3)C1=O. The molecule has 0 bridgehead atoms. The van der Waals surface area contributed by atoms with Crippen LogP contribution < -0.4 is 0 Å². The number of unbranched alkanes of at least 4 members (excludes halogenated alkanes) is 1. The molecule has 0 unspecified atom stereocenters. The van der Waals surface area contributed by atoms with Gasteiger partial charge in [-0.2, -0.15) is 10.1 Å². The lowest BCUT2D eigenvalue weighted by Crippen LogP contribution is -2.20. The second-order valence-electron chi connectivity index (χ2n) is 7.03. The number of carbonyl (C=O) groups excluding carboxylic acids is 1. The molecule has 0 atom stereocenters. The van der Waals surface area contributed by atoms with Crippen molar-refractivity contribution >= 4 is 23.8 Å². The topological polar surface area (TPSA) is 32.7 Å². The zero-order chi connectivity index (χ0) is 19.9. The van der Waals surface area contributed by atoms with E-state index in [1.165, 1.54) is 16.1 Å². The first-order valence-electron chi connectivity index (χ1n) is 10.1.